The van der Waals surface area contributed by atoms with E-state index in [0.29, 0.717) is 12.7 Å². The van der Waals surface area contributed by atoms with Crippen LogP contribution in [0.4, 0.5) is 0 Å². The van der Waals surface area contributed by atoms with Crippen LogP contribution in [0.25, 0.3) is 0 Å². The number of carboxylic acids is 2. The monoisotopic (exact) mass is 245 g/mol. The van der Waals surface area contributed by atoms with Crippen LogP contribution in [0.5, 0.6) is 0 Å². The summed E-state index contributed by atoms with van der Waals surface area (Å²) in [5.74, 6) is -2.88. The summed E-state index contributed by atoms with van der Waals surface area (Å²) in [6.07, 6.45) is 0.818. The van der Waals surface area contributed by atoms with Gasteiger partial charge in [0.15, 0.2) is 0 Å². The van der Waals surface area contributed by atoms with Gasteiger partial charge in [-0.15, -0.1) is 0 Å². The molecule has 0 bridgehead atoms. The lowest BCUT2D eigenvalue weighted by Gasteiger charge is -2.13. The fourth-order valence-electron chi connectivity index (χ4n) is 1.14. The first-order chi connectivity index (χ1) is 7.97. The van der Waals surface area contributed by atoms with Gasteiger partial charge in [-0.25, -0.2) is 4.79 Å². The molecule has 0 aromatic carbocycles. The van der Waals surface area contributed by atoms with Crippen LogP contribution >= 0.6 is 0 Å². The maximum Gasteiger partial charge on any atom is 0.326 e. The number of unbranched alkanes of at least 4 members (excludes halogenated alkanes) is 1. The summed E-state index contributed by atoms with van der Waals surface area (Å²) in [6, 6.07) is -1.20. The van der Waals surface area contributed by atoms with E-state index in [4.69, 9.17) is 10.2 Å². The van der Waals surface area contributed by atoms with Crippen LogP contribution in [0, 0.1) is 0 Å². The first-order valence-electron chi connectivity index (χ1n) is 5.15. The maximum absolute atomic E-state index is 11.2. The van der Waals surface area contributed by atoms with Gasteiger partial charge in [-0.2, -0.15) is 0 Å². The predicted octanol–water partition coefficient (Wildman–Crippen LogP) is -0.210. The highest BCUT2D eigenvalue weighted by molar-refractivity contribution is 5.84. The Kier molecular flexibility index (Phi) is 7.32. The molecule has 0 heterocycles. The van der Waals surface area contributed by atoms with Crippen LogP contribution in [-0.4, -0.2) is 40.4 Å². The molecule has 0 unspecified atom stereocenters. The molecule has 17 heavy (non-hydrogen) atoms. The molecule has 0 aromatic rings. The Morgan fingerprint density at radius 2 is 1.82 bits per heavy atom. The normalized spacial score (nSPS) is 11.5. The Hall–Kier alpha value is -1.92. The van der Waals surface area contributed by atoms with Crippen molar-refractivity contribution >= 4 is 24.1 Å². The third-order valence-electron chi connectivity index (χ3n) is 2.01. The molecule has 1 atom stereocenters. The quantitative estimate of drug-likeness (QED) is 0.382. The molecule has 1 amide bonds. The molecule has 0 radical (unpaired) electrons. The fraction of sp³-hybridized carbons (Fsp3) is 0.600. The first-order valence-corrected chi connectivity index (χ1v) is 5.15. The Morgan fingerprint density at radius 1 is 1.18 bits per heavy atom. The number of nitrogens with one attached hydrogen (secondary N) is 1. The van der Waals surface area contributed by atoms with Gasteiger partial charge >= 0.3 is 11.9 Å². The zero-order valence-corrected chi connectivity index (χ0v) is 9.22. The van der Waals surface area contributed by atoms with Crippen LogP contribution in [0.3, 0.4) is 0 Å². The van der Waals surface area contributed by atoms with E-state index in [1.165, 1.54) is 0 Å². The molecular formula is C10H15NO6. The molecule has 3 N–H and O–H groups in total. The highest BCUT2D eigenvalue weighted by Gasteiger charge is 2.20. The standard InChI is InChI=1S/C10H15NO6/c12-6-2-1-3-8(13)11-7(10(16)17)4-5-9(14)15/h6-7H,1-5H2,(H,11,13)(H,14,15)(H,16,17)/t7-/m0/s1. The van der Waals surface area contributed by atoms with Crippen molar-refractivity contribution < 1.29 is 29.4 Å². The second kappa shape index (κ2) is 8.26. The van der Waals surface area contributed by atoms with E-state index in [2.05, 4.69) is 5.32 Å². The van der Waals surface area contributed by atoms with Gasteiger partial charge < -0.3 is 20.3 Å². The fourth-order valence-corrected chi connectivity index (χ4v) is 1.14. The van der Waals surface area contributed by atoms with Crippen molar-refractivity contribution in [2.45, 2.75) is 38.1 Å². The minimum absolute atomic E-state index is 0.0512. The maximum atomic E-state index is 11.2. The number of hydrogen-bond acceptors (Lipinski definition) is 4. The summed E-state index contributed by atoms with van der Waals surface area (Å²) in [4.78, 5) is 42.2. The average molecular weight is 245 g/mol. The van der Waals surface area contributed by atoms with E-state index in [-0.39, 0.29) is 25.7 Å². The minimum Gasteiger partial charge on any atom is -0.481 e. The molecule has 96 valence electrons. The van der Waals surface area contributed by atoms with Crippen LogP contribution < -0.4 is 5.32 Å². The molecule has 0 saturated heterocycles. The highest BCUT2D eigenvalue weighted by Crippen LogP contribution is 2.00. The second-order valence-corrected chi connectivity index (χ2v) is 3.45. The third kappa shape index (κ3) is 7.95. The third-order valence-corrected chi connectivity index (χ3v) is 2.01. The van der Waals surface area contributed by atoms with Crippen molar-refractivity contribution in [2.24, 2.45) is 0 Å². The van der Waals surface area contributed by atoms with Gasteiger partial charge in [-0.1, -0.05) is 0 Å². The molecular weight excluding hydrogens is 230 g/mol. The van der Waals surface area contributed by atoms with Crippen LogP contribution in [0.15, 0.2) is 0 Å². The van der Waals surface area contributed by atoms with Gasteiger partial charge in [-0.05, 0) is 12.8 Å². The lowest BCUT2D eigenvalue weighted by atomic mass is 10.1. The largest absolute Gasteiger partial charge is 0.481 e. The molecule has 0 fully saturated rings. The molecule has 7 heteroatoms. The number of hydrogen-bond donors (Lipinski definition) is 3. The summed E-state index contributed by atoms with van der Waals surface area (Å²) in [7, 11) is 0. The molecule has 7 nitrogen and oxygen atoms in total. The van der Waals surface area contributed by atoms with Crippen LogP contribution in [0.1, 0.15) is 32.1 Å². The summed E-state index contributed by atoms with van der Waals surface area (Å²) < 4.78 is 0. The number of carbonyl (C=O) groups is 4. The van der Waals surface area contributed by atoms with Crippen molar-refractivity contribution in [1.82, 2.24) is 5.32 Å². The van der Waals surface area contributed by atoms with E-state index < -0.39 is 23.9 Å². The molecule has 0 spiro atoms. The highest BCUT2D eigenvalue weighted by atomic mass is 16.4. The topological polar surface area (TPSA) is 121 Å². The lowest BCUT2D eigenvalue weighted by Crippen LogP contribution is -2.41. The van der Waals surface area contributed by atoms with E-state index in [9.17, 15) is 19.2 Å². The van der Waals surface area contributed by atoms with Crippen molar-refractivity contribution in [3.8, 4) is 0 Å². The number of carboxylic acid groups (broad SMARTS) is 2. The summed E-state index contributed by atoms with van der Waals surface area (Å²) in [5.41, 5.74) is 0. The zero-order valence-electron chi connectivity index (χ0n) is 9.22. The van der Waals surface area contributed by atoms with Crippen LogP contribution in [0.2, 0.25) is 0 Å². The number of aldehydes is 1. The SMILES string of the molecule is O=CCCCC(=O)N[C@@H](CCC(=O)O)C(=O)O. The van der Waals surface area contributed by atoms with E-state index >= 15 is 0 Å². The number of amides is 1. The van der Waals surface area contributed by atoms with Crippen molar-refractivity contribution in [2.75, 3.05) is 0 Å². The smallest absolute Gasteiger partial charge is 0.326 e. The molecule has 0 aliphatic carbocycles. The Balaban J connectivity index is 4.06. The summed E-state index contributed by atoms with van der Waals surface area (Å²) >= 11 is 0. The predicted molar refractivity (Wildman–Crippen MR) is 56.4 cm³/mol. The molecule has 0 aromatic heterocycles. The molecule has 0 aliphatic rings. The second-order valence-electron chi connectivity index (χ2n) is 3.45. The van der Waals surface area contributed by atoms with Crippen LogP contribution in [-0.2, 0) is 19.2 Å². The van der Waals surface area contributed by atoms with Crippen molar-refractivity contribution in [3.05, 3.63) is 0 Å². The van der Waals surface area contributed by atoms with E-state index in [0.717, 1.165) is 0 Å². The lowest BCUT2D eigenvalue weighted by molar-refractivity contribution is -0.143. The zero-order chi connectivity index (χ0) is 13.3. The number of rotatable bonds is 9. The number of aliphatic carboxylic acids is 2. The van der Waals surface area contributed by atoms with Crippen molar-refractivity contribution in [3.63, 3.8) is 0 Å². The van der Waals surface area contributed by atoms with Gasteiger partial charge in [0, 0.05) is 19.3 Å². The Morgan fingerprint density at radius 3 is 2.29 bits per heavy atom. The van der Waals surface area contributed by atoms with Crippen molar-refractivity contribution in [1.29, 1.82) is 0 Å². The Bertz CT molecular complexity index is 301. The summed E-state index contributed by atoms with van der Waals surface area (Å²) in [6.45, 7) is 0. The van der Waals surface area contributed by atoms with E-state index in [1.807, 2.05) is 0 Å². The van der Waals surface area contributed by atoms with Gasteiger partial charge in [0.25, 0.3) is 0 Å². The first kappa shape index (κ1) is 15.1. The number of carbonyl (C=O) groups excluding carboxylic acids is 2. The molecule has 0 saturated carbocycles. The minimum atomic E-state index is -1.27. The Labute approximate surface area is 97.8 Å². The van der Waals surface area contributed by atoms with Gasteiger partial charge in [0.05, 0.1) is 0 Å². The summed E-state index contributed by atoms with van der Waals surface area (Å²) in [5, 5.41) is 19.4. The molecule has 0 aliphatic heterocycles. The average Bonchev–Trinajstić information content (AvgIpc) is 2.23. The molecule has 0 rings (SSSR count). The van der Waals surface area contributed by atoms with Gasteiger partial charge in [0.1, 0.15) is 12.3 Å². The van der Waals surface area contributed by atoms with Gasteiger partial charge in [-0.3, -0.25) is 9.59 Å². The van der Waals surface area contributed by atoms with Gasteiger partial charge in [0.2, 0.25) is 5.91 Å². The van der Waals surface area contributed by atoms with E-state index in [1.54, 1.807) is 0 Å².